The van der Waals surface area contributed by atoms with Gasteiger partial charge in [-0.1, -0.05) is 19.1 Å². The first-order chi connectivity index (χ1) is 9.69. The number of benzene rings is 1. The van der Waals surface area contributed by atoms with Crippen molar-refractivity contribution in [2.24, 2.45) is 0 Å². The molecule has 2 aromatic rings. The first-order valence-corrected chi connectivity index (χ1v) is 6.71. The Morgan fingerprint density at radius 3 is 2.65 bits per heavy atom. The van der Waals surface area contributed by atoms with E-state index < -0.39 is 0 Å². The number of anilines is 2. The van der Waals surface area contributed by atoms with E-state index in [-0.39, 0.29) is 5.82 Å². The van der Waals surface area contributed by atoms with Crippen molar-refractivity contribution in [3.8, 4) is 0 Å². The molecule has 0 radical (unpaired) electrons. The van der Waals surface area contributed by atoms with E-state index in [1.807, 2.05) is 18.0 Å². The maximum atomic E-state index is 12.9. The molecule has 0 fully saturated rings. The molecule has 0 atom stereocenters. The molecule has 0 aliphatic rings. The summed E-state index contributed by atoms with van der Waals surface area (Å²) >= 11 is 0. The van der Waals surface area contributed by atoms with Crippen molar-refractivity contribution in [1.29, 1.82) is 0 Å². The summed E-state index contributed by atoms with van der Waals surface area (Å²) in [5.74, 6) is 1.25. The third-order valence-electron chi connectivity index (χ3n) is 2.90. The van der Waals surface area contributed by atoms with Crippen molar-refractivity contribution >= 4 is 11.8 Å². The van der Waals surface area contributed by atoms with Gasteiger partial charge in [0, 0.05) is 26.3 Å². The van der Waals surface area contributed by atoms with Gasteiger partial charge in [-0.15, -0.1) is 0 Å². The van der Waals surface area contributed by atoms with Gasteiger partial charge in [0.05, 0.1) is 0 Å². The smallest absolute Gasteiger partial charge is 0.224 e. The van der Waals surface area contributed by atoms with Crippen molar-refractivity contribution in [2.45, 2.75) is 19.9 Å². The molecule has 0 saturated heterocycles. The molecule has 20 heavy (non-hydrogen) atoms. The predicted octanol–water partition coefficient (Wildman–Crippen LogP) is 3.07. The van der Waals surface area contributed by atoms with Crippen molar-refractivity contribution in [1.82, 2.24) is 9.97 Å². The minimum absolute atomic E-state index is 0.218. The number of rotatable bonds is 6. The Hall–Kier alpha value is -2.17. The van der Waals surface area contributed by atoms with Gasteiger partial charge in [0.2, 0.25) is 5.95 Å². The predicted molar refractivity (Wildman–Crippen MR) is 79.3 cm³/mol. The van der Waals surface area contributed by atoms with Crippen LogP contribution in [0, 0.1) is 5.82 Å². The zero-order valence-electron chi connectivity index (χ0n) is 11.8. The molecule has 1 aromatic carbocycles. The molecule has 1 aromatic heterocycles. The summed E-state index contributed by atoms with van der Waals surface area (Å²) in [5, 5.41) is 3.16. The zero-order valence-corrected chi connectivity index (χ0v) is 11.8. The highest BCUT2D eigenvalue weighted by atomic mass is 19.1. The number of hydrogen-bond acceptors (Lipinski definition) is 4. The van der Waals surface area contributed by atoms with Crippen molar-refractivity contribution in [3.05, 3.63) is 47.9 Å². The average Bonchev–Trinajstić information content (AvgIpc) is 2.48. The Labute approximate surface area is 118 Å². The molecule has 1 N–H and O–H groups in total. The first-order valence-electron chi connectivity index (χ1n) is 6.71. The topological polar surface area (TPSA) is 41.1 Å². The van der Waals surface area contributed by atoms with E-state index in [1.54, 1.807) is 18.3 Å². The molecular weight excluding hydrogens is 255 g/mol. The molecule has 0 aliphatic heterocycles. The Morgan fingerprint density at radius 2 is 1.95 bits per heavy atom. The molecule has 106 valence electrons. The number of nitrogens with one attached hydrogen (secondary N) is 1. The van der Waals surface area contributed by atoms with E-state index in [1.165, 1.54) is 12.1 Å². The van der Waals surface area contributed by atoms with Gasteiger partial charge < -0.3 is 10.2 Å². The molecule has 2 rings (SSSR count). The maximum absolute atomic E-state index is 12.9. The first kappa shape index (κ1) is 14.2. The van der Waals surface area contributed by atoms with Gasteiger partial charge in [-0.2, -0.15) is 4.98 Å². The van der Waals surface area contributed by atoms with Crippen LogP contribution in [0.3, 0.4) is 0 Å². The summed E-state index contributed by atoms with van der Waals surface area (Å²) in [6.07, 6.45) is 2.76. The Morgan fingerprint density at radius 1 is 1.20 bits per heavy atom. The van der Waals surface area contributed by atoms with Crippen LogP contribution in [-0.2, 0) is 6.54 Å². The van der Waals surface area contributed by atoms with Crippen LogP contribution in [0.5, 0.6) is 0 Å². The largest absolute Gasteiger partial charge is 0.355 e. The minimum Gasteiger partial charge on any atom is -0.355 e. The molecule has 4 nitrogen and oxygen atoms in total. The third kappa shape index (κ3) is 3.91. The van der Waals surface area contributed by atoms with Crippen LogP contribution in [0.25, 0.3) is 0 Å². The molecule has 0 spiro atoms. The summed E-state index contributed by atoms with van der Waals surface area (Å²) in [6, 6.07) is 8.36. The van der Waals surface area contributed by atoms with Crippen LogP contribution in [0.4, 0.5) is 16.2 Å². The van der Waals surface area contributed by atoms with Crippen molar-refractivity contribution in [2.75, 3.05) is 23.8 Å². The zero-order chi connectivity index (χ0) is 14.4. The molecule has 5 heteroatoms. The van der Waals surface area contributed by atoms with E-state index in [2.05, 4.69) is 22.2 Å². The lowest BCUT2D eigenvalue weighted by Gasteiger charge is -2.18. The Kier molecular flexibility index (Phi) is 4.87. The normalized spacial score (nSPS) is 10.3. The molecule has 1 heterocycles. The number of nitrogens with zero attached hydrogens (tertiary/aromatic N) is 3. The maximum Gasteiger partial charge on any atom is 0.224 e. The van der Waals surface area contributed by atoms with E-state index in [9.17, 15) is 4.39 Å². The second-order valence-electron chi connectivity index (χ2n) is 4.65. The van der Waals surface area contributed by atoms with Crippen LogP contribution >= 0.6 is 0 Å². The Bertz CT molecular complexity index is 542. The minimum atomic E-state index is -0.218. The van der Waals surface area contributed by atoms with Crippen LogP contribution in [-0.4, -0.2) is 23.6 Å². The van der Waals surface area contributed by atoms with Crippen LogP contribution < -0.4 is 10.2 Å². The van der Waals surface area contributed by atoms with Gasteiger partial charge in [0.1, 0.15) is 11.6 Å². The fourth-order valence-corrected chi connectivity index (χ4v) is 1.83. The molecule has 0 amide bonds. The van der Waals surface area contributed by atoms with Gasteiger partial charge >= 0.3 is 0 Å². The molecule has 0 aliphatic carbocycles. The monoisotopic (exact) mass is 274 g/mol. The Balaban J connectivity index is 2.04. The molecule has 0 bridgehead atoms. The van der Waals surface area contributed by atoms with E-state index in [4.69, 9.17) is 0 Å². The fourth-order valence-electron chi connectivity index (χ4n) is 1.83. The van der Waals surface area contributed by atoms with Gasteiger partial charge in [-0.25, -0.2) is 9.37 Å². The van der Waals surface area contributed by atoms with Crippen molar-refractivity contribution < 1.29 is 4.39 Å². The molecular formula is C15H19FN4. The number of halogens is 1. The van der Waals surface area contributed by atoms with Gasteiger partial charge in [-0.3, -0.25) is 0 Å². The summed E-state index contributed by atoms with van der Waals surface area (Å²) in [7, 11) is 1.95. The summed E-state index contributed by atoms with van der Waals surface area (Å²) in [5.41, 5.74) is 1.04. The van der Waals surface area contributed by atoms with Crippen LogP contribution in [0.2, 0.25) is 0 Å². The standard InChI is InChI=1S/C15H19FN4/c1-3-9-17-15-18-10-8-14(19-15)20(2)11-12-4-6-13(16)7-5-12/h4-8,10H,3,9,11H2,1-2H3,(H,17,18,19). The summed E-state index contributed by atoms with van der Waals surface area (Å²) in [4.78, 5) is 10.6. The van der Waals surface area contributed by atoms with Gasteiger partial charge in [0.15, 0.2) is 0 Å². The summed E-state index contributed by atoms with van der Waals surface area (Å²) in [6.45, 7) is 3.62. The van der Waals surface area contributed by atoms with Crippen LogP contribution in [0.15, 0.2) is 36.5 Å². The highest BCUT2D eigenvalue weighted by Gasteiger charge is 2.05. The van der Waals surface area contributed by atoms with Crippen LogP contribution in [0.1, 0.15) is 18.9 Å². The highest BCUT2D eigenvalue weighted by Crippen LogP contribution is 2.14. The number of aromatic nitrogens is 2. The quantitative estimate of drug-likeness (QED) is 0.879. The lowest BCUT2D eigenvalue weighted by molar-refractivity contribution is 0.627. The summed E-state index contributed by atoms with van der Waals surface area (Å²) < 4.78 is 12.9. The highest BCUT2D eigenvalue weighted by molar-refractivity contribution is 5.42. The second-order valence-corrected chi connectivity index (χ2v) is 4.65. The molecule has 0 unspecified atom stereocenters. The van der Waals surface area contributed by atoms with Gasteiger partial charge in [-0.05, 0) is 30.2 Å². The lowest BCUT2D eigenvalue weighted by Crippen LogP contribution is -2.18. The van der Waals surface area contributed by atoms with Gasteiger partial charge in [0.25, 0.3) is 0 Å². The lowest BCUT2D eigenvalue weighted by atomic mass is 10.2. The average molecular weight is 274 g/mol. The van der Waals surface area contributed by atoms with E-state index in [0.29, 0.717) is 12.5 Å². The SMILES string of the molecule is CCCNc1nccc(N(C)Cc2ccc(F)cc2)n1. The van der Waals surface area contributed by atoms with E-state index in [0.717, 1.165) is 24.3 Å². The van der Waals surface area contributed by atoms with Crippen molar-refractivity contribution in [3.63, 3.8) is 0 Å². The molecule has 0 saturated carbocycles. The number of hydrogen-bond donors (Lipinski definition) is 1. The third-order valence-corrected chi connectivity index (χ3v) is 2.90. The van der Waals surface area contributed by atoms with E-state index >= 15 is 0 Å². The second kappa shape index (κ2) is 6.84. The fraction of sp³-hybridized carbons (Fsp3) is 0.333.